The molecule has 0 saturated carbocycles. The van der Waals surface area contributed by atoms with Gasteiger partial charge in [-0.05, 0) is 33.6 Å². The van der Waals surface area contributed by atoms with Crippen LogP contribution < -0.4 is 5.32 Å². The first-order valence-corrected chi connectivity index (χ1v) is 7.13. The van der Waals surface area contributed by atoms with Gasteiger partial charge in [0.25, 0.3) is 0 Å². The molecule has 1 N–H and O–H groups in total. The van der Waals surface area contributed by atoms with Gasteiger partial charge in [-0.15, -0.1) is 0 Å². The van der Waals surface area contributed by atoms with Crippen molar-refractivity contribution in [3.63, 3.8) is 0 Å². The third-order valence-electron chi connectivity index (χ3n) is 4.17. The highest BCUT2D eigenvalue weighted by atomic mass is 15.3. The van der Waals surface area contributed by atoms with E-state index in [2.05, 4.69) is 47.4 Å². The summed E-state index contributed by atoms with van der Waals surface area (Å²) in [4.78, 5) is 4.92. The smallest absolute Gasteiger partial charge is 0.0640 e. The molecule has 0 aliphatic carbocycles. The lowest BCUT2D eigenvalue weighted by Gasteiger charge is -2.39. The van der Waals surface area contributed by atoms with Crippen LogP contribution in [0.5, 0.6) is 0 Å². The topological polar surface area (TPSA) is 36.3 Å². The van der Waals surface area contributed by atoms with Crippen LogP contribution in [0.25, 0.3) is 0 Å². The average Bonchev–Trinajstić information content (AvgIpc) is 2.78. The number of nitrogens with one attached hydrogen (secondary N) is 1. The summed E-state index contributed by atoms with van der Waals surface area (Å²) in [7, 11) is 8.49. The Bertz CT molecular complexity index is 389. The van der Waals surface area contributed by atoms with Crippen LogP contribution in [0.1, 0.15) is 12.1 Å². The Morgan fingerprint density at radius 3 is 2.79 bits per heavy atom. The molecule has 1 fully saturated rings. The molecule has 2 rings (SSSR count). The Balaban J connectivity index is 1.90. The van der Waals surface area contributed by atoms with Crippen molar-refractivity contribution in [2.45, 2.75) is 24.9 Å². The van der Waals surface area contributed by atoms with Crippen molar-refractivity contribution >= 4 is 0 Å². The number of hydrogen-bond donors (Lipinski definition) is 1. The van der Waals surface area contributed by atoms with E-state index >= 15 is 0 Å². The van der Waals surface area contributed by atoms with Gasteiger partial charge in [0.05, 0.1) is 5.69 Å². The molecule has 5 nitrogen and oxygen atoms in total. The Labute approximate surface area is 116 Å². The third kappa shape index (κ3) is 4.03. The van der Waals surface area contributed by atoms with E-state index in [1.54, 1.807) is 0 Å². The standard InChI is InChI=1S/C14H27N5/c1-15-13(9-12-5-6-19(4)16-12)10-14-11-17(2)7-8-18(14)3/h5-6,13-15H,7-11H2,1-4H3. The second-order valence-electron chi connectivity index (χ2n) is 5.80. The van der Waals surface area contributed by atoms with Gasteiger partial charge >= 0.3 is 0 Å². The van der Waals surface area contributed by atoms with Gasteiger partial charge in [-0.2, -0.15) is 5.10 Å². The molecule has 0 amide bonds. The van der Waals surface area contributed by atoms with Gasteiger partial charge in [-0.3, -0.25) is 4.68 Å². The van der Waals surface area contributed by atoms with Crippen LogP contribution in [-0.4, -0.2) is 72.4 Å². The average molecular weight is 265 g/mol. The number of aryl methyl sites for hydroxylation is 1. The monoisotopic (exact) mass is 265 g/mol. The predicted octanol–water partition coefficient (Wildman–Crippen LogP) is 0.187. The second kappa shape index (κ2) is 6.50. The summed E-state index contributed by atoms with van der Waals surface area (Å²) < 4.78 is 1.88. The van der Waals surface area contributed by atoms with Crippen molar-refractivity contribution in [3.05, 3.63) is 18.0 Å². The van der Waals surface area contributed by atoms with Crippen LogP contribution in [0.2, 0.25) is 0 Å². The summed E-state index contributed by atoms with van der Waals surface area (Å²) in [5.74, 6) is 0. The first kappa shape index (κ1) is 14.5. The molecule has 0 bridgehead atoms. The van der Waals surface area contributed by atoms with Crippen LogP contribution in [0.3, 0.4) is 0 Å². The van der Waals surface area contributed by atoms with Crippen LogP contribution in [-0.2, 0) is 13.5 Å². The summed E-state index contributed by atoms with van der Waals surface area (Å²) >= 11 is 0. The first-order valence-electron chi connectivity index (χ1n) is 7.13. The summed E-state index contributed by atoms with van der Waals surface area (Å²) in [5.41, 5.74) is 1.17. The van der Waals surface area contributed by atoms with Crippen LogP contribution in [0, 0.1) is 0 Å². The van der Waals surface area contributed by atoms with Crippen LogP contribution >= 0.6 is 0 Å². The Hall–Kier alpha value is -0.910. The zero-order valence-corrected chi connectivity index (χ0v) is 12.6. The molecular weight excluding hydrogens is 238 g/mol. The largest absolute Gasteiger partial charge is 0.317 e. The fourth-order valence-corrected chi connectivity index (χ4v) is 2.81. The highest BCUT2D eigenvalue weighted by Gasteiger charge is 2.25. The van der Waals surface area contributed by atoms with Gasteiger partial charge in [-0.25, -0.2) is 0 Å². The number of rotatable bonds is 5. The van der Waals surface area contributed by atoms with Crippen LogP contribution in [0.4, 0.5) is 0 Å². The van der Waals surface area contributed by atoms with E-state index in [-0.39, 0.29) is 0 Å². The molecule has 0 spiro atoms. The van der Waals surface area contributed by atoms with Gasteiger partial charge in [0.1, 0.15) is 0 Å². The number of aromatic nitrogens is 2. The van der Waals surface area contributed by atoms with E-state index in [9.17, 15) is 0 Å². The van der Waals surface area contributed by atoms with E-state index in [0.29, 0.717) is 12.1 Å². The molecule has 2 unspecified atom stereocenters. The molecule has 2 heterocycles. The van der Waals surface area contributed by atoms with E-state index in [0.717, 1.165) is 13.0 Å². The zero-order chi connectivity index (χ0) is 13.8. The number of piperazine rings is 1. The van der Waals surface area contributed by atoms with E-state index < -0.39 is 0 Å². The minimum Gasteiger partial charge on any atom is -0.317 e. The lowest BCUT2D eigenvalue weighted by atomic mass is 10.00. The number of nitrogens with zero attached hydrogens (tertiary/aromatic N) is 4. The minimum absolute atomic E-state index is 0.494. The van der Waals surface area contributed by atoms with Gasteiger partial charge in [0.2, 0.25) is 0 Å². The Morgan fingerprint density at radius 2 is 2.16 bits per heavy atom. The number of likely N-dealkylation sites (N-methyl/N-ethyl adjacent to an activating group) is 3. The molecule has 1 aromatic rings. The van der Waals surface area contributed by atoms with Crippen molar-refractivity contribution in [3.8, 4) is 0 Å². The van der Waals surface area contributed by atoms with E-state index in [4.69, 9.17) is 0 Å². The SMILES string of the molecule is CNC(Cc1ccn(C)n1)CC1CN(C)CCN1C. The first-order chi connectivity index (χ1) is 9.08. The summed E-state index contributed by atoms with van der Waals surface area (Å²) in [6.07, 6.45) is 4.20. The Kier molecular flexibility index (Phi) is 4.96. The van der Waals surface area contributed by atoms with Crippen LogP contribution in [0.15, 0.2) is 12.3 Å². The number of hydrogen-bond acceptors (Lipinski definition) is 4. The molecule has 1 saturated heterocycles. The maximum atomic E-state index is 4.48. The molecule has 2 atom stereocenters. The zero-order valence-electron chi connectivity index (χ0n) is 12.6. The molecule has 1 aliphatic rings. The van der Waals surface area contributed by atoms with E-state index in [1.807, 2.05) is 17.9 Å². The molecular formula is C14H27N5. The van der Waals surface area contributed by atoms with Gasteiger partial charge in [0, 0.05) is 51.4 Å². The van der Waals surface area contributed by atoms with Crippen molar-refractivity contribution < 1.29 is 0 Å². The Morgan fingerprint density at radius 1 is 1.37 bits per heavy atom. The quantitative estimate of drug-likeness (QED) is 0.824. The second-order valence-corrected chi connectivity index (χ2v) is 5.80. The lowest BCUT2D eigenvalue weighted by Crippen LogP contribution is -2.52. The summed E-state index contributed by atoms with van der Waals surface area (Å²) in [5, 5.41) is 7.93. The summed E-state index contributed by atoms with van der Waals surface area (Å²) in [6.45, 7) is 3.51. The van der Waals surface area contributed by atoms with E-state index in [1.165, 1.54) is 25.2 Å². The fraction of sp³-hybridized carbons (Fsp3) is 0.786. The highest BCUT2D eigenvalue weighted by molar-refractivity contribution is 5.02. The molecule has 1 aliphatic heterocycles. The van der Waals surface area contributed by atoms with Crippen molar-refractivity contribution in [2.24, 2.45) is 7.05 Å². The van der Waals surface area contributed by atoms with Crippen molar-refractivity contribution in [1.82, 2.24) is 24.9 Å². The maximum absolute atomic E-state index is 4.48. The molecule has 108 valence electrons. The van der Waals surface area contributed by atoms with Gasteiger partial charge in [0.15, 0.2) is 0 Å². The van der Waals surface area contributed by atoms with Crippen molar-refractivity contribution in [2.75, 3.05) is 40.8 Å². The van der Waals surface area contributed by atoms with Gasteiger partial charge < -0.3 is 15.1 Å². The third-order valence-corrected chi connectivity index (χ3v) is 4.17. The van der Waals surface area contributed by atoms with Gasteiger partial charge in [-0.1, -0.05) is 0 Å². The molecule has 1 aromatic heterocycles. The fourth-order valence-electron chi connectivity index (χ4n) is 2.81. The minimum atomic E-state index is 0.494. The predicted molar refractivity (Wildman–Crippen MR) is 78.3 cm³/mol. The maximum Gasteiger partial charge on any atom is 0.0640 e. The normalized spacial score (nSPS) is 23.7. The van der Waals surface area contributed by atoms with Crippen molar-refractivity contribution in [1.29, 1.82) is 0 Å². The molecule has 5 heteroatoms. The summed E-state index contributed by atoms with van der Waals surface area (Å²) in [6, 6.07) is 3.25. The lowest BCUT2D eigenvalue weighted by molar-refractivity contribution is 0.101. The highest BCUT2D eigenvalue weighted by Crippen LogP contribution is 2.14. The molecule has 19 heavy (non-hydrogen) atoms. The molecule has 0 radical (unpaired) electrons. The molecule has 0 aromatic carbocycles.